The van der Waals surface area contributed by atoms with E-state index in [0.717, 1.165) is 17.0 Å². The summed E-state index contributed by atoms with van der Waals surface area (Å²) in [5.74, 6) is -1.07. The molecule has 0 unspecified atom stereocenters. The molecule has 22 heavy (non-hydrogen) atoms. The van der Waals surface area contributed by atoms with E-state index in [1.807, 2.05) is 12.3 Å². The molecule has 122 valence electrons. The summed E-state index contributed by atoms with van der Waals surface area (Å²) in [5, 5.41) is 12.7. The highest BCUT2D eigenvalue weighted by Crippen LogP contribution is 2.44. The fraction of sp³-hybridized carbons (Fsp3) is 0.692. The average Bonchev–Trinajstić information content (AvgIpc) is 3.01. The molecule has 7 nitrogen and oxygen atoms in total. The number of thiazole rings is 1. The van der Waals surface area contributed by atoms with Gasteiger partial charge in [-0.25, -0.2) is 17.7 Å². The van der Waals surface area contributed by atoms with Crippen LogP contribution in [0.4, 0.5) is 0 Å². The molecule has 0 bridgehead atoms. The minimum atomic E-state index is -3.35. The van der Waals surface area contributed by atoms with Crippen molar-refractivity contribution in [2.75, 3.05) is 32.4 Å². The van der Waals surface area contributed by atoms with Gasteiger partial charge in [0.2, 0.25) is 10.0 Å². The highest BCUT2D eigenvalue weighted by Gasteiger charge is 2.59. The number of nitrogens with zero attached hydrogens (tertiary/aromatic N) is 3. The van der Waals surface area contributed by atoms with Crippen molar-refractivity contribution < 1.29 is 18.3 Å². The van der Waals surface area contributed by atoms with Gasteiger partial charge < -0.3 is 5.11 Å². The minimum Gasteiger partial charge on any atom is -0.481 e. The summed E-state index contributed by atoms with van der Waals surface area (Å²) in [6.45, 7) is 3.88. The van der Waals surface area contributed by atoms with Crippen LogP contribution in [0.25, 0.3) is 0 Å². The summed E-state index contributed by atoms with van der Waals surface area (Å²) in [6, 6.07) is 0. The first-order valence-corrected chi connectivity index (χ1v) is 9.75. The molecule has 2 aliphatic rings. The molecule has 1 N–H and O–H groups in total. The van der Waals surface area contributed by atoms with Crippen LogP contribution in [-0.2, 0) is 21.4 Å². The number of carbonyl (C=O) groups is 1. The van der Waals surface area contributed by atoms with Crippen LogP contribution in [0.3, 0.4) is 0 Å². The fourth-order valence-electron chi connectivity index (χ4n) is 3.51. The molecule has 0 aliphatic carbocycles. The van der Waals surface area contributed by atoms with Crippen LogP contribution in [0.15, 0.2) is 5.38 Å². The maximum absolute atomic E-state index is 11.8. The largest absolute Gasteiger partial charge is 0.481 e. The van der Waals surface area contributed by atoms with E-state index in [0.29, 0.717) is 19.6 Å². The van der Waals surface area contributed by atoms with Gasteiger partial charge in [-0.3, -0.25) is 9.69 Å². The predicted molar refractivity (Wildman–Crippen MR) is 82.1 cm³/mol. The molecule has 2 fully saturated rings. The van der Waals surface area contributed by atoms with Gasteiger partial charge in [-0.05, 0) is 6.92 Å². The summed E-state index contributed by atoms with van der Waals surface area (Å²) in [7, 11) is -3.35. The molecule has 2 saturated heterocycles. The molecule has 1 aromatic rings. The van der Waals surface area contributed by atoms with E-state index in [1.165, 1.54) is 4.31 Å². The zero-order valence-electron chi connectivity index (χ0n) is 12.5. The third-order valence-corrected chi connectivity index (χ3v) is 6.63. The Bertz CT molecular complexity index is 702. The highest BCUT2D eigenvalue weighted by atomic mass is 32.2. The minimum absolute atomic E-state index is 0.0679. The maximum Gasteiger partial charge on any atom is 0.312 e. The summed E-state index contributed by atoms with van der Waals surface area (Å²) < 4.78 is 24.7. The van der Waals surface area contributed by atoms with Gasteiger partial charge in [-0.2, -0.15) is 0 Å². The predicted octanol–water partition coefficient (Wildman–Crippen LogP) is 0.230. The summed E-state index contributed by atoms with van der Waals surface area (Å²) >= 11 is 1.58. The zero-order chi connectivity index (χ0) is 16.1. The van der Waals surface area contributed by atoms with Gasteiger partial charge in [0, 0.05) is 44.0 Å². The van der Waals surface area contributed by atoms with Crippen molar-refractivity contribution >= 4 is 27.3 Å². The first-order valence-electron chi connectivity index (χ1n) is 7.02. The van der Waals surface area contributed by atoms with Gasteiger partial charge in [-0.15, -0.1) is 11.3 Å². The second kappa shape index (κ2) is 5.26. The van der Waals surface area contributed by atoms with Crippen LogP contribution in [0, 0.1) is 18.3 Å². The second-order valence-corrected chi connectivity index (χ2v) is 9.29. The Morgan fingerprint density at radius 1 is 1.50 bits per heavy atom. The van der Waals surface area contributed by atoms with Gasteiger partial charge in [0.15, 0.2) is 0 Å². The summed E-state index contributed by atoms with van der Waals surface area (Å²) in [5.41, 5.74) is -0.0447. The monoisotopic (exact) mass is 345 g/mol. The number of carboxylic acid groups (broad SMARTS) is 1. The Morgan fingerprint density at radius 3 is 2.73 bits per heavy atom. The molecule has 9 heteroatoms. The van der Waals surface area contributed by atoms with Crippen molar-refractivity contribution in [2.45, 2.75) is 13.5 Å². The Labute approximate surface area is 133 Å². The van der Waals surface area contributed by atoms with E-state index in [1.54, 1.807) is 11.3 Å². The van der Waals surface area contributed by atoms with Gasteiger partial charge in [0.25, 0.3) is 0 Å². The lowest BCUT2D eigenvalue weighted by molar-refractivity contribution is -0.148. The number of hydrogen-bond donors (Lipinski definition) is 1. The highest BCUT2D eigenvalue weighted by molar-refractivity contribution is 7.88. The first kappa shape index (κ1) is 15.9. The van der Waals surface area contributed by atoms with Gasteiger partial charge in [0.05, 0.1) is 22.4 Å². The number of rotatable bonds is 4. The van der Waals surface area contributed by atoms with Gasteiger partial charge in [-0.1, -0.05) is 0 Å². The molecule has 0 amide bonds. The molecule has 0 aromatic carbocycles. The van der Waals surface area contributed by atoms with Crippen molar-refractivity contribution in [3.63, 3.8) is 0 Å². The first-order chi connectivity index (χ1) is 10.2. The van der Waals surface area contributed by atoms with Gasteiger partial charge >= 0.3 is 5.97 Å². The molecule has 3 heterocycles. The number of likely N-dealkylation sites (tertiary alicyclic amines) is 1. The second-order valence-electron chi connectivity index (χ2n) is 6.24. The van der Waals surface area contributed by atoms with Crippen molar-refractivity contribution in [2.24, 2.45) is 11.3 Å². The molecule has 0 spiro atoms. The van der Waals surface area contributed by atoms with E-state index < -0.39 is 21.4 Å². The smallest absolute Gasteiger partial charge is 0.312 e. The van der Waals surface area contributed by atoms with E-state index in [-0.39, 0.29) is 19.0 Å². The number of aryl methyl sites for hydroxylation is 1. The molecule has 2 atom stereocenters. The number of aromatic nitrogens is 1. The zero-order valence-corrected chi connectivity index (χ0v) is 14.2. The number of carboxylic acids is 1. The fourth-order valence-corrected chi connectivity index (χ4v) is 5.03. The molecule has 0 saturated carbocycles. The average molecular weight is 345 g/mol. The van der Waals surface area contributed by atoms with Crippen molar-refractivity contribution in [3.8, 4) is 0 Å². The topological polar surface area (TPSA) is 90.8 Å². The summed E-state index contributed by atoms with van der Waals surface area (Å²) in [4.78, 5) is 18.3. The Hall–Kier alpha value is -1.03. The van der Waals surface area contributed by atoms with E-state index in [9.17, 15) is 18.3 Å². The lowest BCUT2D eigenvalue weighted by Gasteiger charge is -2.24. The summed E-state index contributed by atoms with van der Waals surface area (Å²) in [6.07, 6.45) is 1.14. The number of aliphatic carboxylic acids is 1. The van der Waals surface area contributed by atoms with Crippen LogP contribution >= 0.6 is 11.3 Å². The SMILES string of the molecule is Cc1nc(CN2C[C@@H]3CN(S(C)(=O)=O)C[C@]3(C(=O)O)C2)cs1. The molecule has 3 rings (SSSR count). The molecule has 2 aliphatic heterocycles. The third-order valence-electron chi connectivity index (χ3n) is 4.60. The van der Waals surface area contributed by atoms with Crippen LogP contribution in [0.1, 0.15) is 10.7 Å². The van der Waals surface area contributed by atoms with Gasteiger partial charge in [0.1, 0.15) is 0 Å². The van der Waals surface area contributed by atoms with E-state index in [4.69, 9.17) is 0 Å². The number of hydrogen-bond acceptors (Lipinski definition) is 6. The van der Waals surface area contributed by atoms with Crippen LogP contribution < -0.4 is 0 Å². The van der Waals surface area contributed by atoms with Crippen LogP contribution in [0.2, 0.25) is 0 Å². The third kappa shape index (κ3) is 2.66. The lowest BCUT2D eigenvalue weighted by Crippen LogP contribution is -2.41. The normalized spacial score (nSPS) is 29.8. The standard InChI is InChI=1S/C13H19N3O4S2/c1-9-14-11(6-21-9)5-15-3-10-4-16(22(2,19)20)8-13(10,7-15)12(17)18/h6,10H,3-5,7-8H2,1-2H3,(H,17,18)/t10-,13-/m1/s1. The molecule has 1 aromatic heterocycles. The number of fused-ring (bicyclic) bond motifs is 1. The Kier molecular flexibility index (Phi) is 3.79. The van der Waals surface area contributed by atoms with E-state index >= 15 is 0 Å². The molecule has 0 radical (unpaired) electrons. The van der Waals surface area contributed by atoms with E-state index in [2.05, 4.69) is 9.88 Å². The maximum atomic E-state index is 11.8. The van der Waals surface area contributed by atoms with Crippen molar-refractivity contribution in [3.05, 3.63) is 16.1 Å². The lowest BCUT2D eigenvalue weighted by atomic mass is 9.81. The van der Waals surface area contributed by atoms with Crippen molar-refractivity contribution in [1.29, 1.82) is 0 Å². The number of sulfonamides is 1. The quantitative estimate of drug-likeness (QED) is 0.840. The van der Waals surface area contributed by atoms with Crippen LogP contribution in [-0.4, -0.2) is 66.1 Å². The van der Waals surface area contributed by atoms with Crippen LogP contribution in [0.5, 0.6) is 0 Å². The Morgan fingerprint density at radius 2 is 2.23 bits per heavy atom. The Balaban J connectivity index is 1.78. The van der Waals surface area contributed by atoms with Crippen molar-refractivity contribution in [1.82, 2.24) is 14.2 Å². The molecular formula is C13H19N3O4S2. The molecular weight excluding hydrogens is 326 g/mol.